The molecule has 0 aromatic heterocycles. The predicted octanol–water partition coefficient (Wildman–Crippen LogP) is 3.61. The highest BCUT2D eigenvalue weighted by molar-refractivity contribution is 6.70. The van der Waals surface area contributed by atoms with Crippen LogP contribution >= 0.6 is 0 Å². The Balaban J connectivity index is 2.70. The number of carbonyl (C=O) groups is 1. The number of ether oxygens (including phenoxy) is 1. The van der Waals surface area contributed by atoms with E-state index in [1.54, 1.807) is 4.90 Å². The van der Waals surface area contributed by atoms with Crippen LogP contribution in [-0.2, 0) is 9.16 Å². The van der Waals surface area contributed by atoms with Gasteiger partial charge >= 0.3 is 6.09 Å². The molecule has 0 aliphatic carbocycles. The molecule has 1 amide bonds. The molecular weight excluding hydrogens is 258 g/mol. The topological polar surface area (TPSA) is 38.8 Å². The zero-order valence-electron chi connectivity index (χ0n) is 13.2. The first-order chi connectivity index (χ1) is 8.46. The Morgan fingerprint density at radius 3 is 2.42 bits per heavy atom. The van der Waals surface area contributed by atoms with E-state index in [2.05, 4.69) is 32.6 Å². The lowest BCUT2D eigenvalue weighted by atomic mass is 10.1. The van der Waals surface area contributed by atoms with Crippen molar-refractivity contribution >= 4 is 14.4 Å². The highest BCUT2D eigenvalue weighted by Gasteiger charge is 2.29. The van der Waals surface area contributed by atoms with Crippen LogP contribution in [0.15, 0.2) is 11.8 Å². The summed E-state index contributed by atoms with van der Waals surface area (Å²) in [6.45, 7) is 15.4. The average Bonchev–Trinajstić information content (AvgIpc) is 2.10. The number of nitrogens with zero attached hydrogens (tertiary/aromatic N) is 1. The summed E-state index contributed by atoms with van der Waals surface area (Å²) in [7, 11) is -1.63. The van der Waals surface area contributed by atoms with E-state index in [-0.39, 0.29) is 6.09 Å². The summed E-state index contributed by atoms with van der Waals surface area (Å²) in [4.78, 5) is 13.8. The number of hydrogen-bond acceptors (Lipinski definition) is 3. The summed E-state index contributed by atoms with van der Waals surface area (Å²) in [6, 6.07) is 0. The van der Waals surface area contributed by atoms with E-state index in [1.165, 1.54) is 0 Å². The van der Waals surface area contributed by atoms with Gasteiger partial charge in [-0.2, -0.15) is 0 Å². The highest BCUT2D eigenvalue weighted by Crippen LogP contribution is 2.21. The Morgan fingerprint density at radius 1 is 1.37 bits per heavy atom. The van der Waals surface area contributed by atoms with Crippen LogP contribution in [0, 0.1) is 5.92 Å². The second-order valence-corrected chi connectivity index (χ2v) is 11.6. The fraction of sp³-hybridized carbons (Fsp3) is 0.786. The monoisotopic (exact) mass is 285 g/mol. The Labute approximate surface area is 117 Å². The molecule has 1 aliphatic heterocycles. The van der Waals surface area contributed by atoms with E-state index in [1.807, 2.05) is 20.8 Å². The van der Waals surface area contributed by atoms with E-state index in [4.69, 9.17) is 9.16 Å². The van der Waals surface area contributed by atoms with Crippen molar-refractivity contribution in [2.75, 3.05) is 13.1 Å². The minimum Gasteiger partial charge on any atom is -0.546 e. The standard InChI is InChI=1S/C14H27NO3Si/c1-11-8-12(18-19(5,6)7)10-15(9-11)13(16)17-14(2,3)4/h8,11H,9-10H2,1-7H3. The molecule has 1 aliphatic rings. The van der Waals surface area contributed by atoms with Crippen LogP contribution in [-0.4, -0.2) is 38.0 Å². The highest BCUT2D eigenvalue weighted by atomic mass is 28.4. The zero-order chi connectivity index (χ0) is 14.8. The van der Waals surface area contributed by atoms with E-state index < -0.39 is 13.9 Å². The summed E-state index contributed by atoms with van der Waals surface area (Å²) in [5, 5.41) is 0. The molecule has 0 saturated heterocycles. The molecule has 0 radical (unpaired) electrons. The molecule has 0 aromatic carbocycles. The molecule has 5 heteroatoms. The van der Waals surface area contributed by atoms with Gasteiger partial charge in [-0.05, 0) is 52.4 Å². The van der Waals surface area contributed by atoms with Gasteiger partial charge in [0.2, 0.25) is 8.32 Å². The van der Waals surface area contributed by atoms with Crippen LogP contribution in [0.4, 0.5) is 4.79 Å². The van der Waals surface area contributed by atoms with E-state index in [0.29, 0.717) is 19.0 Å². The van der Waals surface area contributed by atoms with Crippen molar-refractivity contribution in [1.82, 2.24) is 4.90 Å². The second kappa shape index (κ2) is 5.57. The Hall–Kier alpha value is -0.973. The van der Waals surface area contributed by atoms with Crippen molar-refractivity contribution in [2.24, 2.45) is 5.92 Å². The molecule has 0 fully saturated rings. The molecule has 1 unspecified atom stereocenters. The molecule has 4 nitrogen and oxygen atoms in total. The van der Waals surface area contributed by atoms with E-state index in [0.717, 1.165) is 5.76 Å². The zero-order valence-corrected chi connectivity index (χ0v) is 14.2. The Bertz CT molecular complexity index is 366. The normalized spacial score (nSPS) is 20.9. The summed E-state index contributed by atoms with van der Waals surface area (Å²) in [6.07, 6.45) is 1.86. The maximum absolute atomic E-state index is 12.1. The quantitative estimate of drug-likeness (QED) is 0.728. The van der Waals surface area contributed by atoms with Crippen LogP contribution in [0.3, 0.4) is 0 Å². The second-order valence-electron chi connectivity index (χ2n) is 7.19. The third-order valence-electron chi connectivity index (χ3n) is 2.41. The number of carbonyl (C=O) groups excluding carboxylic acids is 1. The maximum atomic E-state index is 12.1. The van der Waals surface area contributed by atoms with Crippen LogP contribution < -0.4 is 0 Å². The number of rotatable bonds is 2. The van der Waals surface area contributed by atoms with Gasteiger partial charge in [0.1, 0.15) is 5.60 Å². The summed E-state index contributed by atoms with van der Waals surface area (Å²) in [5.41, 5.74) is -0.457. The van der Waals surface area contributed by atoms with Crippen molar-refractivity contribution in [1.29, 1.82) is 0 Å². The van der Waals surface area contributed by atoms with Gasteiger partial charge in [0.25, 0.3) is 0 Å². The molecule has 0 saturated carbocycles. The Morgan fingerprint density at radius 2 is 1.95 bits per heavy atom. The van der Waals surface area contributed by atoms with E-state index >= 15 is 0 Å². The predicted molar refractivity (Wildman–Crippen MR) is 79.5 cm³/mol. The van der Waals surface area contributed by atoms with Crippen LogP contribution in [0.2, 0.25) is 19.6 Å². The van der Waals surface area contributed by atoms with Gasteiger partial charge < -0.3 is 14.1 Å². The number of amides is 1. The molecule has 0 aromatic rings. The molecule has 1 heterocycles. The molecule has 0 spiro atoms. The van der Waals surface area contributed by atoms with Crippen molar-refractivity contribution in [3.05, 3.63) is 11.8 Å². The van der Waals surface area contributed by atoms with Crippen molar-refractivity contribution < 1.29 is 14.0 Å². The van der Waals surface area contributed by atoms with Gasteiger partial charge in [0.15, 0.2) is 0 Å². The van der Waals surface area contributed by atoms with Gasteiger partial charge in [-0.1, -0.05) is 6.92 Å². The lowest BCUT2D eigenvalue weighted by molar-refractivity contribution is 0.0218. The Kier molecular flexibility index (Phi) is 4.71. The summed E-state index contributed by atoms with van der Waals surface area (Å²) < 4.78 is 11.4. The first-order valence-corrected chi connectivity index (χ1v) is 10.2. The molecule has 0 N–H and O–H groups in total. The fourth-order valence-corrected chi connectivity index (χ4v) is 2.87. The maximum Gasteiger partial charge on any atom is 0.410 e. The SMILES string of the molecule is CC1C=C(O[Si](C)(C)C)CN(C(=O)OC(C)(C)C)C1. The van der Waals surface area contributed by atoms with Gasteiger partial charge in [-0.25, -0.2) is 4.79 Å². The fourth-order valence-electron chi connectivity index (χ4n) is 1.95. The smallest absolute Gasteiger partial charge is 0.410 e. The van der Waals surface area contributed by atoms with Gasteiger partial charge in [-0.3, -0.25) is 0 Å². The lowest BCUT2D eigenvalue weighted by Crippen LogP contribution is -2.43. The molecule has 1 atom stereocenters. The minimum atomic E-state index is -1.63. The minimum absolute atomic E-state index is 0.260. The van der Waals surface area contributed by atoms with Crippen LogP contribution in [0.25, 0.3) is 0 Å². The van der Waals surface area contributed by atoms with Crippen molar-refractivity contribution in [3.8, 4) is 0 Å². The third-order valence-corrected chi connectivity index (χ3v) is 3.29. The third kappa shape index (κ3) is 6.14. The van der Waals surface area contributed by atoms with Crippen molar-refractivity contribution in [3.63, 3.8) is 0 Å². The molecule has 19 heavy (non-hydrogen) atoms. The van der Waals surface area contributed by atoms with E-state index in [9.17, 15) is 4.79 Å². The molecule has 0 bridgehead atoms. The summed E-state index contributed by atoms with van der Waals surface area (Å²) >= 11 is 0. The number of hydrogen-bond donors (Lipinski definition) is 0. The van der Waals surface area contributed by atoms with Gasteiger partial charge in [0.05, 0.1) is 12.3 Å². The van der Waals surface area contributed by atoms with Crippen LogP contribution in [0.5, 0.6) is 0 Å². The summed E-state index contributed by atoms with van der Waals surface area (Å²) in [5.74, 6) is 1.20. The molecule has 110 valence electrons. The largest absolute Gasteiger partial charge is 0.546 e. The van der Waals surface area contributed by atoms with Gasteiger partial charge in [0, 0.05) is 6.54 Å². The first-order valence-electron chi connectivity index (χ1n) is 6.84. The van der Waals surface area contributed by atoms with Gasteiger partial charge in [-0.15, -0.1) is 0 Å². The average molecular weight is 285 g/mol. The molecular formula is C14H27NO3Si. The first kappa shape index (κ1) is 16.1. The lowest BCUT2D eigenvalue weighted by Gasteiger charge is -2.34. The molecule has 1 rings (SSSR count). The van der Waals surface area contributed by atoms with Crippen molar-refractivity contribution in [2.45, 2.75) is 52.9 Å². The van der Waals surface area contributed by atoms with Crippen LogP contribution in [0.1, 0.15) is 27.7 Å².